The molecule has 0 aliphatic carbocycles. The predicted octanol–water partition coefficient (Wildman–Crippen LogP) is 3.20. The molecule has 0 radical (unpaired) electrons. The molecule has 5 nitrogen and oxygen atoms in total. The lowest BCUT2D eigenvalue weighted by atomic mass is 9.95. The van der Waals surface area contributed by atoms with E-state index in [-0.39, 0.29) is 29.3 Å². The molecule has 1 unspecified atom stereocenters. The maximum absolute atomic E-state index is 12.2. The molecule has 2 N–H and O–H groups in total. The smallest absolute Gasteiger partial charge is 0.174 e. The van der Waals surface area contributed by atoms with E-state index >= 15 is 0 Å². The number of Topliss-reactive ketones (excluding diaryl/α,β-unsaturated/α-hetero) is 1. The molecule has 0 aromatic heterocycles. The summed E-state index contributed by atoms with van der Waals surface area (Å²) in [5.74, 6) is 0.506. The molecule has 1 aliphatic heterocycles. The summed E-state index contributed by atoms with van der Waals surface area (Å²) in [6.07, 6.45) is -0.388. The van der Waals surface area contributed by atoms with Gasteiger partial charge >= 0.3 is 0 Å². The third-order valence-electron chi connectivity index (χ3n) is 3.58. The van der Waals surface area contributed by atoms with Crippen LogP contribution in [0.25, 0.3) is 0 Å². The molecule has 0 spiro atoms. The summed E-state index contributed by atoms with van der Waals surface area (Å²) in [6, 6.07) is 9.68. The van der Waals surface area contributed by atoms with Gasteiger partial charge in [0, 0.05) is 0 Å². The van der Waals surface area contributed by atoms with Crippen LogP contribution >= 0.6 is 0 Å². The molecule has 3 rings (SSSR count). The van der Waals surface area contributed by atoms with E-state index < -0.39 is 6.10 Å². The molecule has 5 heteroatoms. The van der Waals surface area contributed by atoms with Crippen LogP contribution in [0.2, 0.25) is 0 Å². The molecule has 0 amide bonds. The Bertz CT molecular complexity index is 723. The van der Waals surface area contributed by atoms with Gasteiger partial charge in [-0.1, -0.05) is 12.1 Å². The summed E-state index contributed by atoms with van der Waals surface area (Å²) >= 11 is 0. The highest BCUT2D eigenvalue weighted by atomic mass is 16.5. The number of ketones is 1. The Labute approximate surface area is 127 Å². The highest BCUT2D eigenvalue weighted by Crippen LogP contribution is 2.40. The fourth-order valence-corrected chi connectivity index (χ4v) is 2.56. The van der Waals surface area contributed by atoms with E-state index in [0.29, 0.717) is 23.7 Å². The van der Waals surface area contributed by atoms with Crippen LogP contribution in [0.5, 0.6) is 23.0 Å². The summed E-state index contributed by atoms with van der Waals surface area (Å²) in [6.45, 7) is 2.29. The van der Waals surface area contributed by atoms with Gasteiger partial charge in [0.1, 0.15) is 23.2 Å². The van der Waals surface area contributed by atoms with E-state index in [1.54, 1.807) is 24.3 Å². The van der Waals surface area contributed by atoms with Crippen molar-refractivity contribution in [3.05, 3.63) is 47.5 Å². The van der Waals surface area contributed by atoms with Gasteiger partial charge in [-0.05, 0) is 36.8 Å². The number of hydrogen-bond acceptors (Lipinski definition) is 5. The maximum Gasteiger partial charge on any atom is 0.174 e. The van der Waals surface area contributed by atoms with Gasteiger partial charge in [-0.15, -0.1) is 0 Å². The average Bonchev–Trinajstić information content (AvgIpc) is 2.49. The van der Waals surface area contributed by atoms with Crippen molar-refractivity contribution in [3.8, 4) is 23.0 Å². The van der Waals surface area contributed by atoms with E-state index in [1.165, 1.54) is 12.1 Å². The number of phenolic OH excluding ortho intramolecular Hbond substituents is 2. The highest BCUT2D eigenvalue weighted by molar-refractivity contribution is 6.02. The Balaban J connectivity index is 1.91. The topological polar surface area (TPSA) is 76.0 Å². The molecule has 0 saturated heterocycles. The average molecular weight is 300 g/mol. The van der Waals surface area contributed by atoms with Crippen molar-refractivity contribution in [1.82, 2.24) is 0 Å². The zero-order valence-corrected chi connectivity index (χ0v) is 12.1. The molecule has 22 heavy (non-hydrogen) atoms. The summed E-state index contributed by atoms with van der Waals surface area (Å²) in [5.41, 5.74) is 0.900. The molecule has 0 fully saturated rings. The number of benzene rings is 2. The van der Waals surface area contributed by atoms with Gasteiger partial charge in [-0.2, -0.15) is 0 Å². The highest BCUT2D eigenvalue weighted by Gasteiger charge is 2.30. The van der Waals surface area contributed by atoms with Gasteiger partial charge in [-0.3, -0.25) is 4.79 Å². The third-order valence-corrected chi connectivity index (χ3v) is 3.58. The molecule has 1 atom stereocenters. The van der Waals surface area contributed by atoms with Crippen molar-refractivity contribution >= 4 is 5.78 Å². The molecular formula is C17H16O5. The second kappa shape index (κ2) is 5.60. The Morgan fingerprint density at radius 1 is 1.23 bits per heavy atom. The monoisotopic (exact) mass is 300 g/mol. The van der Waals surface area contributed by atoms with Gasteiger partial charge in [0.15, 0.2) is 17.3 Å². The van der Waals surface area contributed by atoms with Crippen LogP contribution in [-0.4, -0.2) is 22.6 Å². The first-order valence-corrected chi connectivity index (χ1v) is 7.07. The number of hydrogen-bond donors (Lipinski definition) is 2. The number of aromatic hydroxyl groups is 2. The predicted molar refractivity (Wildman–Crippen MR) is 79.7 cm³/mol. The number of rotatable bonds is 3. The lowest BCUT2D eigenvalue weighted by molar-refractivity contribution is 0.0845. The van der Waals surface area contributed by atoms with Gasteiger partial charge in [0.05, 0.1) is 13.0 Å². The molecule has 2 aromatic carbocycles. The molecule has 0 saturated carbocycles. The summed E-state index contributed by atoms with van der Waals surface area (Å²) in [5, 5.41) is 19.7. The third kappa shape index (κ3) is 2.45. The van der Waals surface area contributed by atoms with Crippen molar-refractivity contribution in [2.24, 2.45) is 0 Å². The van der Waals surface area contributed by atoms with E-state index in [4.69, 9.17) is 9.47 Å². The van der Waals surface area contributed by atoms with Gasteiger partial charge in [0.2, 0.25) is 0 Å². The SMILES string of the molecule is CCOc1ccc(C2CC(=O)c3c(O)cccc3O2)cc1O. The van der Waals surface area contributed by atoms with Gasteiger partial charge in [0.25, 0.3) is 0 Å². The standard InChI is InChI=1S/C17H16O5/c1-2-21-14-7-6-10(8-12(14)19)16-9-13(20)17-11(18)4-3-5-15(17)22-16/h3-8,16,18-19H,2,9H2,1H3. The van der Waals surface area contributed by atoms with Crippen LogP contribution in [0.3, 0.4) is 0 Å². The molecule has 1 heterocycles. The van der Waals surface area contributed by atoms with Crippen molar-refractivity contribution in [2.75, 3.05) is 6.61 Å². The summed E-state index contributed by atoms with van der Waals surface area (Å²) < 4.78 is 11.1. The van der Waals surface area contributed by atoms with Gasteiger partial charge in [-0.25, -0.2) is 0 Å². The molecular weight excluding hydrogens is 284 g/mol. The quantitative estimate of drug-likeness (QED) is 0.910. The Morgan fingerprint density at radius 3 is 2.77 bits per heavy atom. The summed E-state index contributed by atoms with van der Waals surface area (Å²) in [4.78, 5) is 12.2. The van der Waals surface area contributed by atoms with Crippen LogP contribution in [0.1, 0.15) is 35.4 Å². The van der Waals surface area contributed by atoms with Crippen LogP contribution in [0.15, 0.2) is 36.4 Å². The van der Waals surface area contributed by atoms with Gasteiger partial charge < -0.3 is 19.7 Å². The first-order chi connectivity index (χ1) is 10.6. The zero-order chi connectivity index (χ0) is 15.7. The first-order valence-electron chi connectivity index (χ1n) is 7.07. The van der Waals surface area contributed by atoms with Crippen molar-refractivity contribution in [1.29, 1.82) is 0 Å². The van der Waals surface area contributed by atoms with E-state index in [0.717, 1.165) is 0 Å². The molecule has 2 aromatic rings. The van der Waals surface area contributed by atoms with Crippen LogP contribution in [0.4, 0.5) is 0 Å². The largest absolute Gasteiger partial charge is 0.507 e. The number of fused-ring (bicyclic) bond motifs is 1. The summed E-state index contributed by atoms with van der Waals surface area (Å²) in [7, 11) is 0. The minimum atomic E-state index is -0.497. The van der Waals surface area contributed by atoms with Crippen LogP contribution in [0, 0.1) is 0 Å². The second-order valence-corrected chi connectivity index (χ2v) is 5.04. The minimum absolute atomic E-state index is 0.0112. The van der Waals surface area contributed by atoms with Crippen molar-refractivity contribution in [3.63, 3.8) is 0 Å². The van der Waals surface area contributed by atoms with Crippen molar-refractivity contribution < 1.29 is 24.5 Å². The van der Waals surface area contributed by atoms with E-state index in [9.17, 15) is 15.0 Å². The van der Waals surface area contributed by atoms with E-state index in [1.807, 2.05) is 6.92 Å². The molecule has 0 bridgehead atoms. The zero-order valence-electron chi connectivity index (χ0n) is 12.1. The number of carbonyl (C=O) groups is 1. The first kappa shape index (κ1) is 14.3. The van der Waals surface area contributed by atoms with Crippen LogP contribution < -0.4 is 9.47 Å². The van der Waals surface area contributed by atoms with Crippen LogP contribution in [-0.2, 0) is 0 Å². The maximum atomic E-state index is 12.2. The Kier molecular flexibility index (Phi) is 3.63. The minimum Gasteiger partial charge on any atom is -0.507 e. The normalized spacial score (nSPS) is 16.8. The number of carbonyl (C=O) groups excluding carboxylic acids is 1. The fraction of sp³-hybridized carbons (Fsp3) is 0.235. The van der Waals surface area contributed by atoms with Crippen molar-refractivity contribution in [2.45, 2.75) is 19.4 Å². The molecule has 1 aliphatic rings. The lowest BCUT2D eigenvalue weighted by Gasteiger charge is -2.26. The number of ether oxygens (including phenoxy) is 2. The number of phenols is 2. The Hall–Kier alpha value is -2.69. The molecule has 114 valence electrons. The Morgan fingerprint density at radius 2 is 2.05 bits per heavy atom. The van der Waals surface area contributed by atoms with E-state index in [2.05, 4.69) is 0 Å². The lowest BCUT2D eigenvalue weighted by Crippen LogP contribution is -2.20. The fourth-order valence-electron chi connectivity index (χ4n) is 2.56. The second-order valence-electron chi connectivity index (χ2n) is 5.04.